The zero-order valence-electron chi connectivity index (χ0n) is 12.4. The predicted octanol–water partition coefficient (Wildman–Crippen LogP) is 3.10. The largest absolute Gasteiger partial charge is 0.331 e. The third kappa shape index (κ3) is 3.48. The number of fused-ring (bicyclic) bond motifs is 1. The van der Waals surface area contributed by atoms with Crippen LogP contribution in [0.2, 0.25) is 0 Å². The van der Waals surface area contributed by atoms with Gasteiger partial charge in [-0.25, -0.2) is 15.0 Å². The van der Waals surface area contributed by atoms with Crippen LogP contribution in [0.3, 0.4) is 0 Å². The number of rotatable bonds is 6. The smallest absolute Gasteiger partial charge is 0.259 e. The number of aromatic nitrogens is 4. The van der Waals surface area contributed by atoms with Gasteiger partial charge in [-0.1, -0.05) is 6.07 Å². The number of imidazole rings is 1. The topological polar surface area (TPSA) is 72.7 Å². The summed E-state index contributed by atoms with van der Waals surface area (Å²) in [5.41, 5.74) is 2.15. The maximum absolute atomic E-state index is 12.5. The molecule has 0 fully saturated rings. The average molecular weight is 330 g/mol. The SMILES string of the molecule is O=C(Nc1ccncn1)c1cccc2c1ncn2CCCCCl. The summed E-state index contributed by atoms with van der Waals surface area (Å²) in [4.78, 5) is 24.7. The Bertz CT molecular complexity index is 803. The molecule has 0 unspecified atom stereocenters. The van der Waals surface area contributed by atoms with Crippen LogP contribution in [-0.4, -0.2) is 31.3 Å². The van der Waals surface area contributed by atoms with E-state index in [9.17, 15) is 4.79 Å². The average Bonchev–Trinajstić information content (AvgIpc) is 2.99. The molecule has 0 aliphatic heterocycles. The van der Waals surface area contributed by atoms with E-state index in [1.54, 1.807) is 24.7 Å². The summed E-state index contributed by atoms with van der Waals surface area (Å²) in [6, 6.07) is 7.22. The van der Waals surface area contributed by atoms with E-state index in [1.165, 1.54) is 6.33 Å². The Morgan fingerprint density at radius 1 is 1.22 bits per heavy atom. The zero-order valence-corrected chi connectivity index (χ0v) is 13.2. The molecule has 0 aliphatic rings. The number of aryl methyl sites for hydroxylation is 1. The lowest BCUT2D eigenvalue weighted by Gasteiger charge is -2.06. The minimum atomic E-state index is -0.236. The highest BCUT2D eigenvalue weighted by Gasteiger charge is 2.14. The van der Waals surface area contributed by atoms with Crippen molar-refractivity contribution in [2.45, 2.75) is 19.4 Å². The van der Waals surface area contributed by atoms with Crippen LogP contribution in [0.15, 0.2) is 43.1 Å². The molecule has 1 N–H and O–H groups in total. The van der Waals surface area contributed by atoms with Crippen LogP contribution in [0.25, 0.3) is 11.0 Å². The number of benzene rings is 1. The Morgan fingerprint density at radius 2 is 2.13 bits per heavy atom. The summed E-state index contributed by atoms with van der Waals surface area (Å²) in [6.07, 6.45) is 6.67. The zero-order chi connectivity index (χ0) is 16.1. The van der Waals surface area contributed by atoms with E-state index in [0.717, 1.165) is 24.9 Å². The fourth-order valence-corrected chi connectivity index (χ4v) is 2.56. The Hall–Kier alpha value is -2.47. The third-order valence-electron chi connectivity index (χ3n) is 3.50. The molecule has 7 heteroatoms. The summed E-state index contributed by atoms with van der Waals surface area (Å²) in [5, 5.41) is 2.76. The third-order valence-corrected chi connectivity index (χ3v) is 3.77. The number of unbranched alkanes of at least 4 members (excludes halogenated alkanes) is 1. The molecular weight excluding hydrogens is 314 g/mol. The minimum Gasteiger partial charge on any atom is -0.331 e. The normalized spacial score (nSPS) is 10.8. The van der Waals surface area contributed by atoms with E-state index >= 15 is 0 Å². The van der Waals surface area contributed by atoms with Gasteiger partial charge in [-0.3, -0.25) is 4.79 Å². The van der Waals surface area contributed by atoms with Gasteiger partial charge in [0, 0.05) is 18.6 Å². The summed E-state index contributed by atoms with van der Waals surface area (Å²) in [5.74, 6) is 0.878. The van der Waals surface area contributed by atoms with E-state index in [1.807, 2.05) is 16.7 Å². The first-order valence-electron chi connectivity index (χ1n) is 7.37. The Kier molecular flexibility index (Phi) is 4.83. The van der Waals surface area contributed by atoms with Gasteiger partial charge < -0.3 is 9.88 Å². The monoisotopic (exact) mass is 329 g/mol. The highest BCUT2D eigenvalue weighted by molar-refractivity contribution is 6.17. The number of amides is 1. The number of nitrogens with zero attached hydrogens (tertiary/aromatic N) is 4. The van der Waals surface area contributed by atoms with Crippen LogP contribution in [0.5, 0.6) is 0 Å². The molecule has 3 aromatic rings. The van der Waals surface area contributed by atoms with Gasteiger partial charge in [0.15, 0.2) is 0 Å². The summed E-state index contributed by atoms with van der Waals surface area (Å²) in [6.45, 7) is 0.834. The number of carbonyl (C=O) groups excluding carboxylic acids is 1. The van der Waals surface area contributed by atoms with Crippen molar-refractivity contribution in [1.82, 2.24) is 19.5 Å². The molecule has 1 amide bonds. The fraction of sp³-hybridized carbons (Fsp3) is 0.250. The molecule has 6 nitrogen and oxygen atoms in total. The maximum atomic E-state index is 12.5. The lowest BCUT2D eigenvalue weighted by atomic mass is 10.1. The highest BCUT2D eigenvalue weighted by Crippen LogP contribution is 2.19. The van der Waals surface area contributed by atoms with Gasteiger partial charge in [0.2, 0.25) is 0 Å². The van der Waals surface area contributed by atoms with Gasteiger partial charge in [-0.15, -0.1) is 11.6 Å². The molecule has 118 valence electrons. The van der Waals surface area contributed by atoms with Gasteiger partial charge in [-0.05, 0) is 31.0 Å². The van der Waals surface area contributed by atoms with E-state index in [4.69, 9.17) is 11.6 Å². The van der Waals surface area contributed by atoms with Crippen molar-refractivity contribution in [3.63, 3.8) is 0 Å². The van der Waals surface area contributed by atoms with Gasteiger partial charge >= 0.3 is 0 Å². The number of hydrogen-bond donors (Lipinski definition) is 1. The summed E-state index contributed by atoms with van der Waals surface area (Å²) < 4.78 is 2.04. The number of hydrogen-bond acceptors (Lipinski definition) is 4. The quantitative estimate of drug-likeness (QED) is 0.557. The van der Waals surface area contributed by atoms with E-state index in [2.05, 4.69) is 20.3 Å². The van der Waals surface area contributed by atoms with Crippen LogP contribution in [0.1, 0.15) is 23.2 Å². The Morgan fingerprint density at radius 3 is 2.91 bits per heavy atom. The summed E-state index contributed by atoms with van der Waals surface area (Å²) >= 11 is 5.72. The van der Waals surface area contributed by atoms with Gasteiger partial charge in [-0.2, -0.15) is 0 Å². The summed E-state index contributed by atoms with van der Waals surface area (Å²) in [7, 11) is 0. The van der Waals surface area contributed by atoms with Crippen molar-refractivity contribution >= 4 is 34.4 Å². The highest BCUT2D eigenvalue weighted by atomic mass is 35.5. The molecule has 0 spiro atoms. The van der Waals surface area contributed by atoms with Crippen LogP contribution >= 0.6 is 11.6 Å². The first-order valence-corrected chi connectivity index (χ1v) is 7.90. The number of anilines is 1. The van der Waals surface area contributed by atoms with Gasteiger partial charge in [0.25, 0.3) is 5.91 Å². The molecule has 0 aliphatic carbocycles. The van der Waals surface area contributed by atoms with Crippen molar-refractivity contribution < 1.29 is 4.79 Å². The number of para-hydroxylation sites is 1. The van der Waals surface area contributed by atoms with Crippen LogP contribution in [0.4, 0.5) is 5.82 Å². The number of halogens is 1. The Balaban J connectivity index is 1.85. The first kappa shape index (κ1) is 15.4. The second-order valence-electron chi connectivity index (χ2n) is 5.06. The molecular formula is C16H16ClN5O. The molecule has 23 heavy (non-hydrogen) atoms. The van der Waals surface area contributed by atoms with Crippen molar-refractivity contribution in [2.24, 2.45) is 0 Å². The van der Waals surface area contributed by atoms with Crippen molar-refractivity contribution in [2.75, 3.05) is 11.2 Å². The van der Waals surface area contributed by atoms with Crippen LogP contribution in [0, 0.1) is 0 Å². The second kappa shape index (κ2) is 7.19. The molecule has 2 heterocycles. The van der Waals surface area contributed by atoms with Crippen LogP contribution < -0.4 is 5.32 Å². The molecule has 0 saturated heterocycles. The lowest BCUT2D eigenvalue weighted by molar-refractivity contribution is 0.102. The standard InChI is InChI=1S/C16H16ClN5O/c17-7-1-2-9-22-11-20-15-12(4-3-5-13(15)22)16(23)21-14-6-8-18-10-19-14/h3-6,8,10-11H,1-2,7,9H2,(H,18,19,21,23). The van der Waals surface area contributed by atoms with E-state index < -0.39 is 0 Å². The first-order chi connectivity index (χ1) is 11.3. The lowest BCUT2D eigenvalue weighted by Crippen LogP contribution is -2.13. The molecule has 0 saturated carbocycles. The van der Waals surface area contributed by atoms with Gasteiger partial charge in [0.1, 0.15) is 17.7 Å². The van der Waals surface area contributed by atoms with Crippen molar-refractivity contribution in [1.29, 1.82) is 0 Å². The fourth-order valence-electron chi connectivity index (χ4n) is 2.37. The number of alkyl halides is 1. The number of nitrogens with one attached hydrogen (secondary N) is 1. The Labute approximate surface area is 138 Å². The molecule has 1 aromatic carbocycles. The van der Waals surface area contributed by atoms with E-state index in [0.29, 0.717) is 22.8 Å². The van der Waals surface area contributed by atoms with Crippen molar-refractivity contribution in [3.05, 3.63) is 48.7 Å². The molecule has 0 atom stereocenters. The molecule has 2 aromatic heterocycles. The maximum Gasteiger partial charge on any atom is 0.259 e. The molecule has 3 rings (SSSR count). The minimum absolute atomic E-state index is 0.236. The predicted molar refractivity (Wildman–Crippen MR) is 89.7 cm³/mol. The number of carbonyl (C=O) groups is 1. The molecule has 0 radical (unpaired) electrons. The molecule has 0 bridgehead atoms. The van der Waals surface area contributed by atoms with E-state index in [-0.39, 0.29) is 5.91 Å². The van der Waals surface area contributed by atoms with Gasteiger partial charge in [0.05, 0.1) is 17.4 Å². The second-order valence-corrected chi connectivity index (χ2v) is 5.43. The van der Waals surface area contributed by atoms with Crippen molar-refractivity contribution in [3.8, 4) is 0 Å². The van der Waals surface area contributed by atoms with Crippen LogP contribution in [-0.2, 0) is 6.54 Å².